The van der Waals surface area contributed by atoms with E-state index in [1.165, 1.54) is 5.56 Å². The number of pyridine rings is 2. The van der Waals surface area contributed by atoms with E-state index in [1.54, 1.807) is 20.4 Å². The Bertz CT molecular complexity index is 1830. The van der Waals surface area contributed by atoms with E-state index in [-0.39, 0.29) is 11.9 Å². The van der Waals surface area contributed by atoms with Crippen LogP contribution in [-0.4, -0.2) is 71.4 Å². The highest BCUT2D eigenvalue weighted by Gasteiger charge is 2.26. The van der Waals surface area contributed by atoms with Crippen molar-refractivity contribution in [2.75, 3.05) is 33.9 Å². The quantitative estimate of drug-likeness (QED) is 0.168. The molecular weight excluding hydrogens is 649 g/mol. The number of β-amino-alcohol motifs (C(OH)–C–C–N with tert-alkyl or cyclic N) is 1. The average molecular weight is 691 g/mol. The molecule has 0 saturated carbocycles. The molecule has 2 aromatic carbocycles. The topological polar surface area (TPSA) is 109 Å². The highest BCUT2D eigenvalue weighted by atomic mass is 35.5. The van der Waals surface area contributed by atoms with Gasteiger partial charge in [0, 0.05) is 79.2 Å². The molecule has 4 heterocycles. The molecule has 2 aliphatic heterocycles. The maximum atomic E-state index is 11.5. The number of nitrogens with zero attached hydrogens (tertiary/aromatic N) is 3. The summed E-state index contributed by atoms with van der Waals surface area (Å²) < 4.78 is 11.5. The van der Waals surface area contributed by atoms with E-state index in [9.17, 15) is 9.90 Å². The van der Waals surface area contributed by atoms with Crippen molar-refractivity contribution in [1.82, 2.24) is 25.5 Å². The van der Waals surface area contributed by atoms with Crippen molar-refractivity contribution in [3.8, 4) is 45.3 Å². The van der Waals surface area contributed by atoms with Crippen molar-refractivity contribution in [3.05, 3.63) is 81.5 Å². The Morgan fingerprint density at radius 3 is 2.56 bits per heavy atom. The molecule has 4 aromatic rings. The van der Waals surface area contributed by atoms with Gasteiger partial charge >= 0.3 is 0 Å². The molecule has 1 saturated heterocycles. The molecule has 0 spiro atoms. The molecule has 1 amide bonds. The van der Waals surface area contributed by atoms with Gasteiger partial charge in [0.1, 0.15) is 5.75 Å². The minimum atomic E-state index is -0.789. The Morgan fingerprint density at radius 1 is 1.04 bits per heavy atom. The largest absolute Gasteiger partial charge is 0.496 e. The smallest absolute Gasteiger partial charge is 0.220 e. The van der Waals surface area contributed by atoms with Crippen LogP contribution < -0.4 is 20.1 Å². The van der Waals surface area contributed by atoms with Crippen LogP contribution in [0.2, 0.25) is 10.0 Å². The van der Waals surface area contributed by atoms with Crippen LogP contribution in [0.5, 0.6) is 11.6 Å². The summed E-state index contributed by atoms with van der Waals surface area (Å²) in [5, 5.41) is 17.8. The molecule has 9 nitrogen and oxygen atoms in total. The van der Waals surface area contributed by atoms with Gasteiger partial charge in [0.2, 0.25) is 11.8 Å². The van der Waals surface area contributed by atoms with Gasteiger partial charge in [0.15, 0.2) is 0 Å². The van der Waals surface area contributed by atoms with Crippen molar-refractivity contribution in [3.63, 3.8) is 0 Å². The molecule has 6 rings (SSSR count). The standard InChI is InChI=1S/C37H41Cl2N5O4/c1-37(2,46)21-44-15-13-26-24(20-44)16-23(17-31(26)47-3)35-34(39)28(12-14-41-35)27-6-5-7-29(33(27)38)30-10-8-22(36(43-30)48-4)18-40-19-25-9-11-32(45)42-25/h5-8,10,12,14,16-17,25,40,46H,9,11,13,15,18-21H2,1-4H3,(H,42,45)/t25-/m0/s1. The minimum Gasteiger partial charge on any atom is -0.496 e. The predicted octanol–water partition coefficient (Wildman–Crippen LogP) is 6.30. The van der Waals surface area contributed by atoms with Gasteiger partial charge in [0.05, 0.1) is 41.3 Å². The molecule has 0 unspecified atom stereocenters. The zero-order valence-corrected chi connectivity index (χ0v) is 29.2. The van der Waals surface area contributed by atoms with E-state index in [0.717, 1.165) is 58.5 Å². The summed E-state index contributed by atoms with van der Waals surface area (Å²) >= 11 is 14.3. The van der Waals surface area contributed by atoms with Crippen molar-refractivity contribution in [1.29, 1.82) is 0 Å². The van der Waals surface area contributed by atoms with Crippen molar-refractivity contribution >= 4 is 29.1 Å². The van der Waals surface area contributed by atoms with E-state index in [1.807, 2.05) is 56.3 Å². The number of halogens is 2. The van der Waals surface area contributed by atoms with Gasteiger partial charge in [-0.25, -0.2) is 4.98 Å². The fourth-order valence-electron chi connectivity index (χ4n) is 6.65. The number of rotatable bonds is 11. The summed E-state index contributed by atoms with van der Waals surface area (Å²) in [6.45, 7) is 7.00. The molecule has 2 aromatic heterocycles. The maximum Gasteiger partial charge on any atom is 0.220 e. The molecule has 11 heteroatoms. The number of aromatic nitrogens is 2. The monoisotopic (exact) mass is 689 g/mol. The highest BCUT2D eigenvalue weighted by Crippen LogP contribution is 2.43. The molecule has 252 valence electrons. The minimum absolute atomic E-state index is 0.100. The molecule has 48 heavy (non-hydrogen) atoms. The van der Waals surface area contributed by atoms with Crippen LogP contribution in [0.15, 0.2) is 54.7 Å². The van der Waals surface area contributed by atoms with Crippen molar-refractivity contribution in [2.45, 2.75) is 57.8 Å². The maximum absolute atomic E-state index is 11.5. The summed E-state index contributed by atoms with van der Waals surface area (Å²) in [4.78, 5) is 23.3. The van der Waals surface area contributed by atoms with E-state index >= 15 is 0 Å². The van der Waals surface area contributed by atoms with E-state index in [4.69, 9.17) is 42.6 Å². The van der Waals surface area contributed by atoms with Crippen LogP contribution in [0.1, 0.15) is 43.4 Å². The second-order valence-electron chi connectivity index (χ2n) is 13.1. The Morgan fingerprint density at radius 2 is 1.83 bits per heavy atom. The van der Waals surface area contributed by atoms with Gasteiger partial charge in [-0.3, -0.25) is 14.7 Å². The molecule has 3 N–H and O–H groups in total. The zero-order chi connectivity index (χ0) is 34.0. The number of carbonyl (C=O) groups is 1. The third-order valence-corrected chi connectivity index (χ3v) is 9.64. The normalized spacial score (nSPS) is 16.5. The molecule has 0 aliphatic carbocycles. The number of amides is 1. The van der Waals surface area contributed by atoms with Gasteiger partial charge in [-0.1, -0.05) is 47.5 Å². The van der Waals surface area contributed by atoms with Crippen molar-refractivity contribution < 1.29 is 19.4 Å². The van der Waals surface area contributed by atoms with Gasteiger partial charge in [0.25, 0.3) is 0 Å². The van der Waals surface area contributed by atoms with E-state index in [0.29, 0.717) is 59.9 Å². The van der Waals surface area contributed by atoms with Crippen molar-refractivity contribution in [2.24, 2.45) is 0 Å². The lowest BCUT2D eigenvalue weighted by Gasteiger charge is -2.34. The summed E-state index contributed by atoms with van der Waals surface area (Å²) in [5.74, 6) is 1.41. The molecule has 1 fully saturated rings. The molecule has 0 bridgehead atoms. The number of aliphatic hydroxyl groups is 1. The number of fused-ring (bicyclic) bond motifs is 1. The summed E-state index contributed by atoms with van der Waals surface area (Å²) in [6.07, 6.45) is 3.98. The summed E-state index contributed by atoms with van der Waals surface area (Å²) in [7, 11) is 3.28. The van der Waals surface area contributed by atoms with E-state index in [2.05, 4.69) is 21.6 Å². The first-order valence-electron chi connectivity index (χ1n) is 16.2. The van der Waals surface area contributed by atoms with Crippen LogP contribution in [-0.2, 0) is 24.3 Å². The fraction of sp³-hybridized carbons (Fsp3) is 0.378. The van der Waals surface area contributed by atoms with Crippen LogP contribution in [0.25, 0.3) is 33.6 Å². The summed E-state index contributed by atoms with van der Waals surface area (Å²) in [6, 6.07) is 15.8. The van der Waals surface area contributed by atoms with Gasteiger partial charge < -0.3 is 25.2 Å². The third-order valence-electron chi connectivity index (χ3n) is 8.85. The first-order chi connectivity index (χ1) is 23.0. The van der Waals surface area contributed by atoms with Crippen LogP contribution in [0, 0.1) is 0 Å². The number of nitrogens with one attached hydrogen (secondary N) is 2. The summed E-state index contributed by atoms with van der Waals surface area (Å²) in [5.41, 5.74) is 6.82. The average Bonchev–Trinajstić information content (AvgIpc) is 3.48. The lowest BCUT2D eigenvalue weighted by Crippen LogP contribution is -2.41. The molecule has 0 radical (unpaired) electrons. The fourth-order valence-corrected chi connectivity index (χ4v) is 7.30. The number of hydrogen-bond acceptors (Lipinski definition) is 8. The Balaban J connectivity index is 1.28. The molecule has 1 atom stereocenters. The number of benzene rings is 2. The highest BCUT2D eigenvalue weighted by molar-refractivity contribution is 6.39. The van der Waals surface area contributed by atoms with Crippen LogP contribution >= 0.6 is 23.2 Å². The van der Waals surface area contributed by atoms with E-state index < -0.39 is 5.60 Å². The van der Waals surface area contributed by atoms with Crippen LogP contribution in [0.4, 0.5) is 0 Å². The number of carbonyl (C=O) groups excluding carboxylic acids is 1. The Kier molecular flexibility index (Phi) is 10.2. The number of ether oxygens (including phenoxy) is 2. The molecular formula is C37H41Cl2N5O4. The molecule has 2 aliphatic rings. The third kappa shape index (κ3) is 7.46. The van der Waals surface area contributed by atoms with Gasteiger partial charge in [-0.2, -0.15) is 0 Å². The predicted molar refractivity (Wildman–Crippen MR) is 190 cm³/mol. The number of methoxy groups -OCH3 is 2. The van der Waals surface area contributed by atoms with Crippen LogP contribution in [0.3, 0.4) is 0 Å². The number of hydrogen-bond donors (Lipinski definition) is 3. The lowest BCUT2D eigenvalue weighted by atomic mass is 9.93. The zero-order valence-electron chi connectivity index (χ0n) is 27.7. The Labute approximate surface area is 291 Å². The lowest BCUT2D eigenvalue weighted by molar-refractivity contribution is -0.119. The Hall–Kier alpha value is -3.73. The first kappa shape index (κ1) is 34.1. The van der Waals surface area contributed by atoms with Gasteiger partial charge in [-0.15, -0.1) is 0 Å². The van der Waals surface area contributed by atoms with Gasteiger partial charge in [-0.05, 0) is 62.1 Å². The SMILES string of the molecule is COc1cc(-c2nccc(-c3cccc(-c4ccc(CNC[C@@H]5CCC(=O)N5)c(OC)n4)c3Cl)c2Cl)cc2c1CCN(CC(C)(C)O)C2. The second-order valence-corrected chi connectivity index (χ2v) is 13.8. The second kappa shape index (κ2) is 14.4. The first-order valence-corrected chi connectivity index (χ1v) is 16.9.